The third kappa shape index (κ3) is 1.38. The second kappa shape index (κ2) is 3.08. The number of oxazole rings is 1. The Kier molecular flexibility index (Phi) is 2.02. The summed E-state index contributed by atoms with van der Waals surface area (Å²) in [6, 6.07) is 5.70. The van der Waals surface area contributed by atoms with Gasteiger partial charge in [0.1, 0.15) is 5.52 Å². The fourth-order valence-corrected chi connectivity index (χ4v) is 1.33. The van der Waals surface area contributed by atoms with Crippen molar-refractivity contribution < 1.29 is 4.42 Å². The second-order valence-corrected chi connectivity index (χ2v) is 3.66. The van der Waals surface area contributed by atoms with E-state index in [4.69, 9.17) is 15.9 Å². The first kappa shape index (κ1) is 9.18. The van der Waals surface area contributed by atoms with Gasteiger partial charge in [-0.05, 0) is 24.6 Å². The number of fused-ring (bicyclic) bond motifs is 1. The highest BCUT2D eigenvalue weighted by Gasteiger charge is 2.19. The van der Waals surface area contributed by atoms with E-state index >= 15 is 0 Å². The fraction of sp³-hybridized carbons (Fsp3) is 0.300. The Morgan fingerprint density at radius 2 is 2.29 bits per heavy atom. The number of hydrogen-bond acceptors (Lipinski definition) is 4. The van der Waals surface area contributed by atoms with Crippen molar-refractivity contribution >= 4 is 11.1 Å². The highest BCUT2D eigenvalue weighted by atomic mass is 16.3. The molecule has 0 bridgehead atoms. The van der Waals surface area contributed by atoms with Crippen LogP contribution in [-0.2, 0) is 5.54 Å². The molecule has 1 aromatic heterocycles. The zero-order chi connectivity index (χ0) is 10.2. The van der Waals surface area contributed by atoms with Crippen LogP contribution in [0.15, 0.2) is 29.0 Å². The Balaban J connectivity index is 2.53. The number of benzene rings is 1. The molecule has 74 valence electrons. The van der Waals surface area contributed by atoms with Gasteiger partial charge in [0, 0.05) is 6.54 Å². The number of rotatable bonds is 2. The SMILES string of the molecule is CC(N)(CN)c1ccc2ncoc2c1. The van der Waals surface area contributed by atoms with Crippen molar-refractivity contribution in [2.75, 3.05) is 6.54 Å². The van der Waals surface area contributed by atoms with Gasteiger partial charge in [0.05, 0.1) is 5.54 Å². The summed E-state index contributed by atoms with van der Waals surface area (Å²) in [5.74, 6) is 0. The normalized spacial score (nSPS) is 15.6. The van der Waals surface area contributed by atoms with Gasteiger partial charge in [0.15, 0.2) is 12.0 Å². The lowest BCUT2D eigenvalue weighted by atomic mass is 9.93. The molecule has 4 N–H and O–H groups in total. The maximum Gasteiger partial charge on any atom is 0.181 e. The van der Waals surface area contributed by atoms with Crippen LogP contribution in [0.1, 0.15) is 12.5 Å². The quantitative estimate of drug-likeness (QED) is 0.741. The lowest BCUT2D eigenvalue weighted by Crippen LogP contribution is -2.40. The van der Waals surface area contributed by atoms with Gasteiger partial charge >= 0.3 is 0 Å². The van der Waals surface area contributed by atoms with Gasteiger partial charge in [0.2, 0.25) is 0 Å². The number of nitrogens with zero attached hydrogens (tertiary/aromatic N) is 1. The van der Waals surface area contributed by atoms with Gasteiger partial charge in [0.25, 0.3) is 0 Å². The Morgan fingerprint density at radius 3 is 3.00 bits per heavy atom. The van der Waals surface area contributed by atoms with E-state index in [1.54, 1.807) is 0 Å². The highest BCUT2D eigenvalue weighted by molar-refractivity contribution is 5.73. The molecule has 0 saturated heterocycles. The van der Waals surface area contributed by atoms with Crippen molar-refractivity contribution in [3.8, 4) is 0 Å². The average molecular weight is 191 g/mol. The van der Waals surface area contributed by atoms with Gasteiger partial charge in [-0.2, -0.15) is 0 Å². The zero-order valence-electron chi connectivity index (χ0n) is 8.03. The second-order valence-electron chi connectivity index (χ2n) is 3.66. The number of aromatic nitrogens is 1. The molecule has 14 heavy (non-hydrogen) atoms. The van der Waals surface area contributed by atoms with E-state index in [2.05, 4.69) is 4.98 Å². The Morgan fingerprint density at radius 1 is 1.50 bits per heavy atom. The summed E-state index contributed by atoms with van der Waals surface area (Å²) < 4.78 is 5.19. The largest absolute Gasteiger partial charge is 0.443 e. The summed E-state index contributed by atoms with van der Waals surface area (Å²) in [5.41, 5.74) is 13.6. The molecule has 1 aromatic carbocycles. The molecule has 0 radical (unpaired) electrons. The van der Waals surface area contributed by atoms with Crippen LogP contribution >= 0.6 is 0 Å². The Hall–Kier alpha value is -1.39. The van der Waals surface area contributed by atoms with Gasteiger partial charge in [-0.3, -0.25) is 0 Å². The summed E-state index contributed by atoms with van der Waals surface area (Å²) in [6.07, 6.45) is 1.42. The molecule has 0 aliphatic heterocycles. The first-order chi connectivity index (χ1) is 6.63. The third-order valence-corrected chi connectivity index (χ3v) is 2.41. The molecule has 0 amide bonds. The van der Waals surface area contributed by atoms with Crippen molar-refractivity contribution in [3.63, 3.8) is 0 Å². The zero-order valence-corrected chi connectivity index (χ0v) is 8.03. The molecule has 0 aliphatic rings. The van der Waals surface area contributed by atoms with Gasteiger partial charge in [-0.1, -0.05) is 6.07 Å². The smallest absolute Gasteiger partial charge is 0.181 e. The average Bonchev–Trinajstić information content (AvgIpc) is 2.64. The van der Waals surface area contributed by atoms with E-state index in [9.17, 15) is 0 Å². The molecule has 4 heteroatoms. The van der Waals surface area contributed by atoms with E-state index in [0.717, 1.165) is 16.7 Å². The molecule has 0 saturated carbocycles. The Labute approximate surface area is 81.9 Å². The van der Waals surface area contributed by atoms with Crippen LogP contribution in [0.3, 0.4) is 0 Å². The molecule has 2 aromatic rings. The first-order valence-electron chi connectivity index (χ1n) is 4.46. The van der Waals surface area contributed by atoms with Crippen LogP contribution in [0.25, 0.3) is 11.1 Å². The minimum absolute atomic E-state index is 0.395. The van der Waals surface area contributed by atoms with Crippen molar-refractivity contribution in [2.45, 2.75) is 12.5 Å². The highest BCUT2D eigenvalue weighted by Crippen LogP contribution is 2.21. The van der Waals surface area contributed by atoms with E-state index in [1.165, 1.54) is 6.39 Å². The molecule has 1 heterocycles. The molecule has 1 atom stereocenters. The fourth-order valence-electron chi connectivity index (χ4n) is 1.33. The molecule has 1 unspecified atom stereocenters. The molecule has 0 spiro atoms. The summed E-state index contributed by atoms with van der Waals surface area (Å²) in [7, 11) is 0. The van der Waals surface area contributed by atoms with Gasteiger partial charge < -0.3 is 15.9 Å². The molecular weight excluding hydrogens is 178 g/mol. The van der Waals surface area contributed by atoms with Gasteiger partial charge in [-0.15, -0.1) is 0 Å². The third-order valence-electron chi connectivity index (χ3n) is 2.41. The summed E-state index contributed by atoms with van der Waals surface area (Å²) in [5, 5.41) is 0. The van der Waals surface area contributed by atoms with E-state index < -0.39 is 5.54 Å². The van der Waals surface area contributed by atoms with Crippen LogP contribution in [-0.4, -0.2) is 11.5 Å². The minimum atomic E-state index is -0.513. The van der Waals surface area contributed by atoms with E-state index in [0.29, 0.717) is 6.54 Å². The van der Waals surface area contributed by atoms with E-state index in [1.807, 2.05) is 25.1 Å². The van der Waals surface area contributed by atoms with Crippen LogP contribution in [0, 0.1) is 0 Å². The van der Waals surface area contributed by atoms with Crippen LogP contribution < -0.4 is 11.5 Å². The van der Waals surface area contributed by atoms with Crippen LogP contribution in [0.4, 0.5) is 0 Å². The number of nitrogens with two attached hydrogens (primary N) is 2. The molecular formula is C10H13N3O. The summed E-state index contributed by atoms with van der Waals surface area (Å²) >= 11 is 0. The molecule has 4 nitrogen and oxygen atoms in total. The predicted molar refractivity (Wildman–Crippen MR) is 54.6 cm³/mol. The molecule has 2 rings (SSSR count). The monoisotopic (exact) mass is 191 g/mol. The lowest BCUT2D eigenvalue weighted by molar-refractivity contribution is 0.506. The van der Waals surface area contributed by atoms with Crippen LogP contribution in [0.2, 0.25) is 0 Å². The predicted octanol–water partition coefficient (Wildman–Crippen LogP) is 0.960. The first-order valence-corrected chi connectivity index (χ1v) is 4.46. The topological polar surface area (TPSA) is 78.1 Å². The molecule has 0 aliphatic carbocycles. The standard InChI is InChI=1S/C10H13N3O/c1-10(12,5-11)7-2-3-8-9(4-7)14-6-13-8/h2-4,6H,5,11-12H2,1H3. The maximum atomic E-state index is 6.01. The molecule has 0 fully saturated rings. The van der Waals surface area contributed by atoms with Crippen molar-refractivity contribution in [3.05, 3.63) is 30.2 Å². The summed E-state index contributed by atoms with van der Waals surface area (Å²) in [4.78, 5) is 4.03. The van der Waals surface area contributed by atoms with Crippen molar-refractivity contribution in [1.82, 2.24) is 4.98 Å². The van der Waals surface area contributed by atoms with Crippen molar-refractivity contribution in [1.29, 1.82) is 0 Å². The van der Waals surface area contributed by atoms with Crippen molar-refractivity contribution in [2.24, 2.45) is 11.5 Å². The summed E-state index contributed by atoms with van der Waals surface area (Å²) in [6.45, 7) is 2.29. The lowest BCUT2D eigenvalue weighted by Gasteiger charge is -2.22. The van der Waals surface area contributed by atoms with Gasteiger partial charge in [-0.25, -0.2) is 4.98 Å². The number of hydrogen-bond donors (Lipinski definition) is 2. The minimum Gasteiger partial charge on any atom is -0.443 e. The maximum absolute atomic E-state index is 6.01. The Bertz CT molecular complexity index is 447. The van der Waals surface area contributed by atoms with Crippen LogP contribution in [0.5, 0.6) is 0 Å². The van der Waals surface area contributed by atoms with E-state index in [-0.39, 0.29) is 0 Å².